The number of carboxylic acid groups (broad SMARTS) is 1. The molecule has 0 radical (unpaired) electrons. The van der Waals surface area contributed by atoms with Crippen LogP contribution in [0.1, 0.15) is 46.8 Å². The zero-order valence-electron chi connectivity index (χ0n) is 19.5. The molecule has 35 heavy (non-hydrogen) atoms. The third kappa shape index (κ3) is 7.10. The van der Waals surface area contributed by atoms with Gasteiger partial charge in [0.1, 0.15) is 5.69 Å². The highest BCUT2D eigenvalue weighted by molar-refractivity contribution is 5.95. The fraction of sp³-hybridized carbons (Fsp3) is 0.269. The van der Waals surface area contributed by atoms with Gasteiger partial charge in [-0.25, -0.2) is 4.79 Å². The lowest BCUT2D eigenvalue weighted by atomic mass is 9.94. The zero-order valence-corrected chi connectivity index (χ0v) is 19.5. The van der Waals surface area contributed by atoms with Crippen LogP contribution in [-0.4, -0.2) is 50.7 Å². The summed E-state index contributed by atoms with van der Waals surface area (Å²) in [5.41, 5.74) is 2.27. The molecule has 2 aromatic carbocycles. The fourth-order valence-corrected chi connectivity index (χ4v) is 3.67. The molecule has 0 bridgehead atoms. The van der Waals surface area contributed by atoms with Crippen LogP contribution in [-0.2, 0) is 16.0 Å². The van der Waals surface area contributed by atoms with Crippen molar-refractivity contribution in [2.24, 2.45) is 5.92 Å². The van der Waals surface area contributed by atoms with Crippen molar-refractivity contribution >= 4 is 17.8 Å². The summed E-state index contributed by atoms with van der Waals surface area (Å²) >= 11 is 0. The highest BCUT2D eigenvalue weighted by atomic mass is 16.5. The molecule has 2 unspecified atom stereocenters. The van der Waals surface area contributed by atoms with Crippen molar-refractivity contribution in [3.63, 3.8) is 0 Å². The van der Waals surface area contributed by atoms with E-state index in [1.165, 1.54) is 0 Å². The molecule has 0 spiro atoms. The Morgan fingerprint density at radius 1 is 0.971 bits per heavy atom. The molecule has 1 amide bonds. The van der Waals surface area contributed by atoms with E-state index in [-0.39, 0.29) is 24.7 Å². The second-order valence-corrected chi connectivity index (χ2v) is 8.07. The number of aromatic nitrogens is 2. The normalized spacial score (nSPS) is 12.4. The Balaban J connectivity index is 1.80. The topological polar surface area (TPSA) is 139 Å². The molecule has 3 N–H and O–H groups in total. The van der Waals surface area contributed by atoms with Gasteiger partial charge in [-0.15, -0.1) is 0 Å². The van der Waals surface area contributed by atoms with Crippen LogP contribution in [0.25, 0.3) is 11.1 Å². The van der Waals surface area contributed by atoms with Gasteiger partial charge >= 0.3 is 17.9 Å². The molecule has 9 heteroatoms. The van der Waals surface area contributed by atoms with Gasteiger partial charge in [-0.05, 0) is 36.5 Å². The predicted molar refractivity (Wildman–Crippen MR) is 128 cm³/mol. The first-order valence-corrected chi connectivity index (χ1v) is 11.2. The number of benzene rings is 2. The molecule has 1 heterocycles. The van der Waals surface area contributed by atoms with E-state index >= 15 is 0 Å². The number of carbonyl (C=O) groups excluding carboxylic acids is 2. The third-order valence-corrected chi connectivity index (χ3v) is 5.37. The molecule has 0 aliphatic carbocycles. The van der Waals surface area contributed by atoms with Crippen molar-refractivity contribution < 1.29 is 29.3 Å². The summed E-state index contributed by atoms with van der Waals surface area (Å²) in [6, 6.07) is 17.5. The molecule has 2 atom stereocenters. The van der Waals surface area contributed by atoms with E-state index in [9.17, 15) is 19.5 Å². The number of amides is 1. The van der Waals surface area contributed by atoms with Gasteiger partial charge in [-0.3, -0.25) is 9.59 Å². The SMILES string of the molecule is CCOC(=O)C(C)CC(Cc1ccc(-c2ccccc2)cc1)NC(=O)c1cc(C(=O)O)nc(O)n1. The summed E-state index contributed by atoms with van der Waals surface area (Å²) < 4.78 is 5.10. The lowest BCUT2D eigenvalue weighted by Gasteiger charge is -2.22. The lowest BCUT2D eigenvalue weighted by Crippen LogP contribution is -2.39. The zero-order chi connectivity index (χ0) is 25.4. The Kier molecular flexibility index (Phi) is 8.50. The number of hydrogen-bond donors (Lipinski definition) is 3. The lowest BCUT2D eigenvalue weighted by molar-refractivity contribution is -0.147. The largest absolute Gasteiger partial charge is 0.479 e. The molecule has 0 saturated carbocycles. The fourth-order valence-electron chi connectivity index (χ4n) is 3.67. The smallest absolute Gasteiger partial charge is 0.354 e. The van der Waals surface area contributed by atoms with E-state index < -0.39 is 35.5 Å². The summed E-state index contributed by atoms with van der Waals surface area (Å²) in [5, 5.41) is 21.6. The maximum absolute atomic E-state index is 12.9. The second-order valence-electron chi connectivity index (χ2n) is 8.07. The number of carbonyl (C=O) groups is 3. The van der Waals surface area contributed by atoms with Gasteiger partial charge in [0.05, 0.1) is 12.5 Å². The molecule has 3 aromatic rings. The highest BCUT2D eigenvalue weighted by Gasteiger charge is 2.24. The molecule has 1 aromatic heterocycles. The minimum absolute atomic E-state index is 0.249. The van der Waals surface area contributed by atoms with Crippen molar-refractivity contribution in [2.75, 3.05) is 6.61 Å². The number of esters is 1. The quantitative estimate of drug-likeness (QED) is 0.377. The minimum atomic E-state index is -1.40. The van der Waals surface area contributed by atoms with Crippen molar-refractivity contribution in [2.45, 2.75) is 32.7 Å². The van der Waals surface area contributed by atoms with Crippen LogP contribution in [0.3, 0.4) is 0 Å². The molecule has 182 valence electrons. The standard InChI is InChI=1S/C26H27N3O6/c1-3-35-25(33)16(2)13-20(27-23(30)21-15-22(24(31)32)29-26(34)28-21)14-17-9-11-19(12-10-17)18-7-5-4-6-8-18/h4-12,15-16,20H,3,13-14H2,1-2H3,(H,27,30)(H,31,32)(H,28,29,34). The molecule has 0 saturated heterocycles. The summed E-state index contributed by atoms with van der Waals surface area (Å²) in [6.45, 7) is 3.69. The summed E-state index contributed by atoms with van der Waals surface area (Å²) in [4.78, 5) is 43.3. The van der Waals surface area contributed by atoms with Gasteiger partial charge in [0.2, 0.25) is 0 Å². The van der Waals surface area contributed by atoms with Crippen LogP contribution in [0.15, 0.2) is 60.7 Å². The van der Waals surface area contributed by atoms with Gasteiger partial charge in [0, 0.05) is 12.1 Å². The first kappa shape index (κ1) is 25.4. The highest BCUT2D eigenvalue weighted by Crippen LogP contribution is 2.21. The Morgan fingerprint density at radius 3 is 2.23 bits per heavy atom. The van der Waals surface area contributed by atoms with E-state index in [2.05, 4.69) is 15.3 Å². The van der Waals surface area contributed by atoms with Crippen molar-refractivity contribution in [1.82, 2.24) is 15.3 Å². The molecule has 3 rings (SSSR count). The van der Waals surface area contributed by atoms with Gasteiger partial charge in [-0.2, -0.15) is 9.97 Å². The number of hydrogen-bond acceptors (Lipinski definition) is 7. The van der Waals surface area contributed by atoms with Crippen LogP contribution in [0, 0.1) is 5.92 Å². The molecule has 9 nitrogen and oxygen atoms in total. The van der Waals surface area contributed by atoms with Crippen LogP contribution < -0.4 is 5.32 Å². The van der Waals surface area contributed by atoms with E-state index in [4.69, 9.17) is 9.84 Å². The summed E-state index contributed by atoms with van der Waals surface area (Å²) in [6.07, 6.45) is 0.696. The van der Waals surface area contributed by atoms with E-state index in [1.54, 1.807) is 13.8 Å². The average molecular weight is 478 g/mol. The Morgan fingerprint density at radius 2 is 1.60 bits per heavy atom. The number of nitrogens with zero attached hydrogens (tertiary/aromatic N) is 2. The Labute approximate surface area is 202 Å². The number of rotatable bonds is 10. The monoisotopic (exact) mass is 477 g/mol. The van der Waals surface area contributed by atoms with E-state index in [1.807, 2.05) is 54.6 Å². The first-order valence-electron chi connectivity index (χ1n) is 11.2. The number of aromatic carboxylic acids is 1. The van der Waals surface area contributed by atoms with Crippen LogP contribution in [0.4, 0.5) is 0 Å². The van der Waals surface area contributed by atoms with Crippen LogP contribution in [0.2, 0.25) is 0 Å². The van der Waals surface area contributed by atoms with E-state index in [0.717, 1.165) is 22.8 Å². The van der Waals surface area contributed by atoms with Crippen LogP contribution >= 0.6 is 0 Å². The molecule has 0 fully saturated rings. The summed E-state index contributed by atoms with van der Waals surface area (Å²) in [7, 11) is 0. The summed E-state index contributed by atoms with van der Waals surface area (Å²) in [5.74, 6) is -2.95. The van der Waals surface area contributed by atoms with Crippen molar-refractivity contribution in [3.8, 4) is 17.1 Å². The molecule has 0 aliphatic heterocycles. The van der Waals surface area contributed by atoms with Crippen molar-refractivity contribution in [1.29, 1.82) is 0 Å². The number of nitrogens with one attached hydrogen (secondary N) is 1. The number of carboxylic acids is 1. The Hall–Kier alpha value is -4.27. The van der Waals surface area contributed by atoms with Gasteiger partial charge in [0.15, 0.2) is 5.69 Å². The van der Waals surface area contributed by atoms with Crippen molar-refractivity contribution in [3.05, 3.63) is 77.6 Å². The van der Waals surface area contributed by atoms with E-state index in [0.29, 0.717) is 6.42 Å². The number of aromatic hydroxyl groups is 1. The van der Waals surface area contributed by atoms with Crippen LogP contribution in [0.5, 0.6) is 6.01 Å². The van der Waals surface area contributed by atoms with Gasteiger partial charge in [0.25, 0.3) is 5.91 Å². The third-order valence-electron chi connectivity index (χ3n) is 5.37. The first-order chi connectivity index (χ1) is 16.8. The maximum atomic E-state index is 12.9. The Bertz CT molecular complexity index is 1180. The van der Waals surface area contributed by atoms with Gasteiger partial charge < -0.3 is 20.3 Å². The molecular weight excluding hydrogens is 450 g/mol. The average Bonchev–Trinajstić information content (AvgIpc) is 2.84. The number of ether oxygens (including phenoxy) is 1. The van der Waals surface area contributed by atoms with Gasteiger partial charge in [-0.1, -0.05) is 61.5 Å². The molecular formula is C26H27N3O6. The second kappa shape index (κ2) is 11.7. The predicted octanol–water partition coefficient (Wildman–Crippen LogP) is 3.48. The maximum Gasteiger partial charge on any atom is 0.354 e. The minimum Gasteiger partial charge on any atom is -0.479 e. The molecule has 0 aliphatic rings.